The summed E-state index contributed by atoms with van der Waals surface area (Å²) in [6.45, 7) is 0. The van der Waals surface area contributed by atoms with E-state index in [1.54, 1.807) is 0 Å². The molecular formula is H2MgO7SSi. The fraction of sp³-hybridized carbons (Fsp3) is 0. The fourth-order valence-electron chi connectivity index (χ4n) is 0. The fourth-order valence-corrected chi connectivity index (χ4v) is 0. The molecule has 0 rings (SSSR count). The van der Waals surface area contributed by atoms with Crippen molar-refractivity contribution in [2.75, 3.05) is 0 Å². The van der Waals surface area contributed by atoms with E-state index in [9.17, 15) is 0 Å². The average Bonchev–Trinajstić information content (AvgIpc) is 1.19. The Kier molecular flexibility index (Phi) is 12.3. The first-order chi connectivity index (χ1) is 3.73. The molecule has 0 unspecified atom stereocenters. The van der Waals surface area contributed by atoms with Crippen molar-refractivity contribution in [2.24, 2.45) is 0 Å². The Morgan fingerprint density at radius 3 is 1.20 bits per heavy atom. The third kappa shape index (κ3) is 6780. The number of rotatable bonds is 0. The van der Waals surface area contributed by atoms with Gasteiger partial charge in [0.25, 0.3) is 0 Å². The molecule has 0 radical (unpaired) electrons. The molecule has 2 N–H and O–H groups in total. The summed E-state index contributed by atoms with van der Waals surface area (Å²) in [5.41, 5.74) is 0. The van der Waals surface area contributed by atoms with Crippen LogP contribution in [0.4, 0.5) is 0 Å². The summed E-state index contributed by atoms with van der Waals surface area (Å²) in [5, 5.41) is 0. The van der Waals surface area contributed by atoms with Crippen molar-refractivity contribution in [3.63, 3.8) is 0 Å². The SMILES string of the molecule is O=S(=O)([O-])[O-].O=[Si](O)O.[Mg+2]. The van der Waals surface area contributed by atoms with E-state index in [0.29, 0.717) is 0 Å². The largest absolute Gasteiger partial charge is 2.00 e. The van der Waals surface area contributed by atoms with Crippen LogP contribution in [0.3, 0.4) is 0 Å². The van der Waals surface area contributed by atoms with Gasteiger partial charge in [-0.1, -0.05) is 0 Å². The Balaban J connectivity index is -0.0000000910. The zero-order valence-corrected chi connectivity index (χ0v) is 7.78. The summed E-state index contributed by atoms with van der Waals surface area (Å²) in [7, 11) is -8.30. The Bertz CT molecular complexity index is 156. The first-order valence-electron chi connectivity index (χ1n) is 1.32. The third-order valence-electron chi connectivity index (χ3n) is 0. The molecule has 0 saturated carbocycles. The molecule has 0 aliphatic heterocycles. The predicted octanol–water partition coefficient (Wildman–Crippen LogP) is -3.33. The van der Waals surface area contributed by atoms with Crippen molar-refractivity contribution in [1.82, 2.24) is 0 Å². The summed E-state index contributed by atoms with van der Waals surface area (Å²) in [4.78, 5) is 14.3. The van der Waals surface area contributed by atoms with Gasteiger partial charge < -0.3 is 18.7 Å². The Morgan fingerprint density at radius 1 is 1.20 bits per heavy atom. The zero-order chi connectivity index (χ0) is 8.08. The minimum absolute atomic E-state index is 0. The van der Waals surface area contributed by atoms with Gasteiger partial charge in [-0.3, -0.25) is 12.9 Å². The van der Waals surface area contributed by atoms with Crippen LogP contribution >= 0.6 is 0 Å². The van der Waals surface area contributed by atoms with Gasteiger partial charge in [0.2, 0.25) is 0 Å². The van der Waals surface area contributed by atoms with Gasteiger partial charge in [-0.2, -0.15) is 0 Å². The van der Waals surface area contributed by atoms with E-state index in [4.69, 9.17) is 31.6 Å². The summed E-state index contributed by atoms with van der Waals surface area (Å²) < 4.78 is 42.8. The molecule has 0 fully saturated rings. The van der Waals surface area contributed by atoms with Crippen LogP contribution in [0.5, 0.6) is 0 Å². The van der Waals surface area contributed by atoms with Crippen molar-refractivity contribution >= 4 is 42.6 Å². The van der Waals surface area contributed by atoms with Gasteiger partial charge in [-0.25, -0.2) is 0 Å². The summed E-state index contributed by atoms with van der Waals surface area (Å²) in [6.07, 6.45) is 0. The molecule has 0 aromatic carbocycles. The van der Waals surface area contributed by atoms with E-state index >= 15 is 0 Å². The quantitative estimate of drug-likeness (QED) is 0.236. The molecule has 10 heavy (non-hydrogen) atoms. The summed E-state index contributed by atoms with van der Waals surface area (Å²) in [6, 6.07) is 0. The van der Waals surface area contributed by atoms with Gasteiger partial charge in [0, 0.05) is 10.4 Å². The Morgan fingerprint density at radius 2 is 1.20 bits per heavy atom. The Labute approximate surface area is 74.3 Å². The molecule has 0 atom stereocenters. The van der Waals surface area contributed by atoms with Gasteiger partial charge in [-0.15, -0.1) is 0 Å². The van der Waals surface area contributed by atoms with Crippen LogP contribution in [0.1, 0.15) is 0 Å². The van der Waals surface area contributed by atoms with E-state index in [1.165, 1.54) is 0 Å². The molecule has 10 heteroatoms. The van der Waals surface area contributed by atoms with Crippen LogP contribution in [0.2, 0.25) is 0 Å². The second-order valence-electron chi connectivity index (χ2n) is 0.691. The average molecular weight is 198 g/mol. The zero-order valence-electron chi connectivity index (χ0n) is 4.55. The minimum atomic E-state index is -5.17. The maximum Gasteiger partial charge on any atom is 2.00 e. The van der Waals surface area contributed by atoms with Crippen LogP contribution in [0.25, 0.3) is 0 Å². The monoisotopic (exact) mass is 198 g/mol. The topological polar surface area (TPSA) is 138 Å². The van der Waals surface area contributed by atoms with Crippen molar-refractivity contribution in [3.8, 4) is 0 Å². The van der Waals surface area contributed by atoms with E-state index in [-0.39, 0.29) is 23.1 Å². The molecule has 7 nitrogen and oxygen atoms in total. The smallest absolute Gasteiger partial charge is 0.759 e. The van der Waals surface area contributed by atoms with Crippen molar-refractivity contribution < 1.29 is 31.6 Å². The first-order valence-corrected chi connectivity index (χ1v) is 3.95. The molecule has 0 amide bonds. The van der Waals surface area contributed by atoms with Crippen molar-refractivity contribution in [3.05, 3.63) is 0 Å². The van der Waals surface area contributed by atoms with Gasteiger partial charge in [-0.05, 0) is 0 Å². The van der Waals surface area contributed by atoms with Gasteiger partial charge in [0.15, 0.2) is 0 Å². The maximum absolute atomic E-state index is 8.74. The third-order valence-corrected chi connectivity index (χ3v) is 0. The van der Waals surface area contributed by atoms with Crippen LogP contribution in [0, 0.1) is 0 Å². The predicted molar refractivity (Wildman–Crippen MR) is 27.1 cm³/mol. The second kappa shape index (κ2) is 7.36. The van der Waals surface area contributed by atoms with E-state index < -0.39 is 19.6 Å². The van der Waals surface area contributed by atoms with E-state index in [1.807, 2.05) is 0 Å². The molecule has 0 heterocycles. The molecule has 0 spiro atoms. The van der Waals surface area contributed by atoms with Crippen LogP contribution in [-0.2, 0) is 14.9 Å². The number of hydrogen-bond acceptors (Lipinski definition) is 5. The second-order valence-corrected chi connectivity index (χ2v) is 2.07. The minimum Gasteiger partial charge on any atom is -0.759 e. The molecule has 56 valence electrons. The van der Waals surface area contributed by atoms with E-state index in [0.717, 1.165) is 0 Å². The summed E-state index contributed by atoms with van der Waals surface area (Å²) >= 11 is 0. The van der Waals surface area contributed by atoms with Gasteiger partial charge in [0.05, 0.1) is 0 Å². The number of hydrogen-bond donors (Lipinski definition) is 2. The van der Waals surface area contributed by atoms with E-state index in [2.05, 4.69) is 0 Å². The van der Waals surface area contributed by atoms with Gasteiger partial charge in [0.1, 0.15) is 0 Å². The summed E-state index contributed by atoms with van der Waals surface area (Å²) in [5.74, 6) is 0. The first kappa shape index (κ1) is 16.7. The van der Waals surface area contributed by atoms with Crippen molar-refractivity contribution in [2.45, 2.75) is 0 Å². The standard InChI is InChI=1S/Mg.H2O4S.H2O3Si/c;1-5(2,3)4;1-4(2)3/h;(H2,1,2,3,4);1-2H/q+2;;/p-2. The normalized spacial score (nSPS) is 8.20. The Hall–Kier alpha value is 0.253. The van der Waals surface area contributed by atoms with Crippen LogP contribution in [0.15, 0.2) is 0 Å². The molecular weight excluding hydrogens is 196 g/mol. The molecule has 0 aliphatic carbocycles. The molecule has 0 aromatic heterocycles. The molecule has 0 saturated heterocycles. The molecule has 0 aromatic rings. The van der Waals surface area contributed by atoms with Crippen LogP contribution < -0.4 is 0 Å². The van der Waals surface area contributed by atoms with Crippen LogP contribution in [-0.4, -0.2) is 59.3 Å². The van der Waals surface area contributed by atoms with Gasteiger partial charge >= 0.3 is 32.2 Å². The molecule has 0 aliphatic rings. The maximum atomic E-state index is 8.74. The van der Waals surface area contributed by atoms with Crippen molar-refractivity contribution in [1.29, 1.82) is 0 Å². The molecule has 0 bridgehead atoms.